The van der Waals surface area contributed by atoms with E-state index < -0.39 is 0 Å². The Morgan fingerprint density at radius 2 is 2.00 bits per heavy atom. The van der Waals surface area contributed by atoms with Gasteiger partial charge in [0, 0.05) is 11.1 Å². The van der Waals surface area contributed by atoms with Crippen LogP contribution in [0.5, 0.6) is 10.8 Å². The molecule has 3 N–H and O–H groups in total. The number of carbonyl (C=O) groups excluding carboxylic acids is 1. The van der Waals surface area contributed by atoms with Crippen LogP contribution in [0.3, 0.4) is 0 Å². The first-order chi connectivity index (χ1) is 12.0. The maximum atomic E-state index is 12.2. The second-order valence-electron chi connectivity index (χ2n) is 5.03. The summed E-state index contributed by atoms with van der Waals surface area (Å²) in [6, 6.07) is 12.6. The summed E-state index contributed by atoms with van der Waals surface area (Å²) in [5.41, 5.74) is 5.94. The van der Waals surface area contributed by atoms with Gasteiger partial charge in [0.15, 0.2) is 5.06 Å². The first-order valence-corrected chi connectivity index (χ1v) is 8.80. The van der Waals surface area contributed by atoms with Crippen molar-refractivity contribution in [3.05, 3.63) is 69.1 Å². The van der Waals surface area contributed by atoms with E-state index >= 15 is 0 Å². The van der Waals surface area contributed by atoms with E-state index in [4.69, 9.17) is 33.7 Å². The van der Waals surface area contributed by atoms with E-state index in [1.54, 1.807) is 6.07 Å². The Morgan fingerprint density at radius 1 is 1.24 bits per heavy atom. The zero-order valence-electron chi connectivity index (χ0n) is 12.8. The zero-order chi connectivity index (χ0) is 17.8. The number of hydrogen-bond acceptors (Lipinski definition) is 5. The quantitative estimate of drug-likeness (QED) is 0.655. The summed E-state index contributed by atoms with van der Waals surface area (Å²) in [5.74, 6) is 0.460. The van der Waals surface area contributed by atoms with E-state index in [-0.39, 0.29) is 23.8 Å². The molecule has 1 amide bonds. The lowest BCUT2D eigenvalue weighted by molar-refractivity contribution is 0.0952. The maximum absolute atomic E-state index is 12.2. The second-order valence-corrected chi connectivity index (χ2v) is 6.98. The van der Waals surface area contributed by atoms with Gasteiger partial charge in [-0.2, -0.15) is 0 Å². The molecule has 3 rings (SSSR count). The molecule has 0 atom stereocenters. The number of benzene rings is 1. The number of rotatable bonds is 5. The Labute approximate surface area is 158 Å². The summed E-state index contributed by atoms with van der Waals surface area (Å²) in [7, 11) is 0. The number of nitrogens with one attached hydrogen (secondary N) is 1. The van der Waals surface area contributed by atoms with E-state index in [0.717, 1.165) is 4.88 Å². The van der Waals surface area contributed by atoms with Crippen molar-refractivity contribution in [3.63, 3.8) is 0 Å². The summed E-state index contributed by atoms with van der Waals surface area (Å²) in [5, 5.41) is 4.17. The van der Waals surface area contributed by atoms with Crippen LogP contribution in [-0.4, -0.2) is 10.9 Å². The molecule has 0 aliphatic heterocycles. The minimum Gasteiger partial charge on any atom is -0.445 e. The molecule has 1 aromatic carbocycles. The highest BCUT2D eigenvalue weighted by molar-refractivity contribution is 7.14. The van der Waals surface area contributed by atoms with Gasteiger partial charge in [0.05, 0.1) is 22.2 Å². The lowest BCUT2D eigenvalue weighted by Crippen LogP contribution is -2.23. The number of aromatic nitrogens is 1. The number of amides is 1. The molecule has 128 valence electrons. The van der Waals surface area contributed by atoms with Crippen molar-refractivity contribution in [3.8, 4) is 10.8 Å². The highest BCUT2D eigenvalue weighted by Crippen LogP contribution is 2.37. The molecule has 0 aliphatic carbocycles. The van der Waals surface area contributed by atoms with Gasteiger partial charge in [-0.1, -0.05) is 41.4 Å². The summed E-state index contributed by atoms with van der Waals surface area (Å²) >= 11 is 13.4. The van der Waals surface area contributed by atoms with Crippen LogP contribution in [0.1, 0.15) is 15.2 Å². The minimum atomic E-state index is -0.359. The van der Waals surface area contributed by atoms with Crippen LogP contribution in [0, 0.1) is 0 Å². The third-order valence-electron chi connectivity index (χ3n) is 3.21. The maximum Gasteiger partial charge on any atom is 0.255 e. The molecule has 0 saturated heterocycles. The monoisotopic (exact) mass is 393 g/mol. The van der Waals surface area contributed by atoms with Crippen LogP contribution in [0.15, 0.2) is 48.7 Å². The molecule has 0 aliphatic rings. The number of pyridine rings is 1. The van der Waals surface area contributed by atoms with Crippen molar-refractivity contribution in [1.82, 2.24) is 10.3 Å². The Balaban J connectivity index is 1.67. The molecule has 5 nitrogen and oxygen atoms in total. The van der Waals surface area contributed by atoms with Crippen LogP contribution in [0.25, 0.3) is 0 Å². The summed E-state index contributed by atoms with van der Waals surface area (Å²) in [4.78, 5) is 16.9. The van der Waals surface area contributed by atoms with Crippen LogP contribution >= 0.6 is 34.5 Å². The molecule has 0 fully saturated rings. The van der Waals surface area contributed by atoms with E-state index in [1.165, 1.54) is 23.6 Å². The third kappa shape index (κ3) is 4.42. The number of nitrogens with two attached hydrogens (primary N) is 1. The third-order valence-corrected chi connectivity index (χ3v) is 4.83. The molecule has 8 heteroatoms. The average molecular weight is 394 g/mol. The van der Waals surface area contributed by atoms with Gasteiger partial charge in [0.25, 0.3) is 5.91 Å². The molecule has 0 spiro atoms. The summed E-state index contributed by atoms with van der Waals surface area (Å²) in [6.07, 6.45) is 1.39. The van der Waals surface area contributed by atoms with Gasteiger partial charge in [0.2, 0.25) is 0 Å². The lowest BCUT2D eigenvalue weighted by atomic mass is 10.2. The van der Waals surface area contributed by atoms with Crippen molar-refractivity contribution in [2.75, 3.05) is 5.73 Å². The minimum absolute atomic E-state index is 0.124. The number of nitrogens with zero attached hydrogens (tertiary/aromatic N) is 1. The summed E-state index contributed by atoms with van der Waals surface area (Å²) < 4.78 is 5.74. The molecule has 0 unspecified atom stereocenters. The number of carbonyl (C=O) groups is 1. The van der Waals surface area contributed by atoms with E-state index in [1.807, 2.05) is 30.3 Å². The SMILES string of the molecule is Nc1ncc(Cl)cc1C(=O)NCc1cc(Cl)c(Oc2ccccc2)s1. The normalized spacial score (nSPS) is 10.5. The zero-order valence-corrected chi connectivity index (χ0v) is 15.2. The van der Waals surface area contributed by atoms with Crippen LogP contribution in [-0.2, 0) is 6.54 Å². The van der Waals surface area contributed by atoms with Crippen molar-refractivity contribution >= 4 is 46.3 Å². The highest BCUT2D eigenvalue weighted by atomic mass is 35.5. The molecular formula is C17H13Cl2N3O2S. The largest absolute Gasteiger partial charge is 0.445 e. The van der Waals surface area contributed by atoms with E-state index in [0.29, 0.717) is 20.9 Å². The van der Waals surface area contributed by atoms with Gasteiger partial charge in [-0.25, -0.2) is 4.98 Å². The van der Waals surface area contributed by atoms with Crippen molar-refractivity contribution in [2.45, 2.75) is 6.54 Å². The fourth-order valence-corrected chi connectivity index (χ4v) is 3.41. The standard InChI is InChI=1S/C17H13Cl2N3O2S/c18-10-6-13(15(20)21-8-10)16(23)22-9-12-7-14(19)17(25-12)24-11-4-2-1-3-5-11/h1-8H,9H2,(H2,20,21)(H,22,23). The van der Waals surface area contributed by atoms with Gasteiger partial charge in [0.1, 0.15) is 11.6 Å². The average Bonchev–Trinajstić information content (AvgIpc) is 2.95. The Kier molecular flexibility index (Phi) is 5.43. The van der Waals surface area contributed by atoms with Crippen molar-refractivity contribution in [2.24, 2.45) is 0 Å². The molecule has 0 bridgehead atoms. The van der Waals surface area contributed by atoms with Gasteiger partial charge in [-0.15, -0.1) is 11.3 Å². The van der Waals surface area contributed by atoms with Crippen molar-refractivity contribution in [1.29, 1.82) is 0 Å². The molecule has 0 radical (unpaired) electrons. The number of nitrogen functional groups attached to an aromatic ring is 1. The molecule has 2 heterocycles. The number of anilines is 1. The molecule has 2 aromatic heterocycles. The first kappa shape index (κ1) is 17.5. The van der Waals surface area contributed by atoms with Crippen LogP contribution < -0.4 is 15.8 Å². The Hall–Kier alpha value is -2.28. The molecular weight excluding hydrogens is 381 g/mol. The van der Waals surface area contributed by atoms with Crippen molar-refractivity contribution < 1.29 is 9.53 Å². The fourth-order valence-electron chi connectivity index (χ4n) is 2.04. The van der Waals surface area contributed by atoms with Gasteiger partial charge in [-0.3, -0.25) is 4.79 Å². The molecule has 25 heavy (non-hydrogen) atoms. The number of halogens is 2. The Bertz CT molecular complexity index is 900. The van der Waals surface area contributed by atoms with Gasteiger partial charge < -0.3 is 15.8 Å². The second kappa shape index (κ2) is 7.74. The van der Waals surface area contributed by atoms with E-state index in [2.05, 4.69) is 10.3 Å². The predicted molar refractivity (Wildman–Crippen MR) is 101 cm³/mol. The van der Waals surface area contributed by atoms with Crippen LogP contribution in [0.4, 0.5) is 5.82 Å². The number of hydrogen-bond donors (Lipinski definition) is 2. The van der Waals surface area contributed by atoms with Crippen LogP contribution in [0.2, 0.25) is 10.0 Å². The smallest absolute Gasteiger partial charge is 0.255 e. The fraction of sp³-hybridized carbons (Fsp3) is 0.0588. The molecule has 3 aromatic rings. The number of ether oxygens (including phenoxy) is 1. The molecule has 0 saturated carbocycles. The topological polar surface area (TPSA) is 77.2 Å². The van der Waals surface area contributed by atoms with Gasteiger partial charge in [-0.05, 0) is 24.3 Å². The van der Waals surface area contributed by atoms with E-state index in [9.17, 15) is 4.79 Å². The predicted octanol–water partition coefficient (Wildman–Crippen LogP) is 4.75. The lowest BCUT2D eigenvalue weighted by Gasteiger charge is -2.06. The number of thiophene rings is 1. The van der Waals surface area contributed by atoms with Gasteiger partial charge >= 0.3 is 0 Å². The Morgan fingerprint density at radius 3 is 2.76 bits per heavy atom. The highest BCUT2D eigenvalue weighted by Gasteiger charge is 2.14. The number of para-hydroxylation sites is 1. The summed E-state index contributed by atoms with van der Waals surface area (Å²) in [6.45, 7) is 0.285. The first-order valence-electron chi connectivity index (χ1n) is 7.23.